The average Bonchev–Trinajstić information content (AvgIpc) is 3.04. The van der Waals surface area contributed by atoms with Gasteiger partial charge in [0.05, 0.1) is 12.7 Å². The van der Waals surface area contributed by atoms with E-state index in [9.17, 15) is 9.50 Å². The molecule has 3 rings (SSSR count). The Morgan fingerprint density at radius 3 is 2.43 bits per heavy atom. The summed E-state index contributed by atoms with van der Waals surface area (Å²) in [5.74, 6) is 0.326. The summed E-state index contributed by atoms with van der Waals surface area (Å²) in [6.45, 7) is 5.24. The second kappa shape index (κ2) is 7.16. The molecule has 1 aromatic carbocycles. The summed E-state index contributed by atoms with van der Waals surface area (Å²) in [5.41, 5.74) is 0.120. The molecule has 0 saturated carbocycles. The summed E-state index contributed by atoms with van der Waals surface area (Å²) in [7, 11) is 1.54. The van der Waals surface area contributed by atoms with E-state index in [1.54, 1.807) is 19.2 Å². The minimum absolute atomic E-state index is 0.220. The second-order valence-corrected chi connectivity index (χ2v) is 6.94. The third-order valence-electron chi connectivity index (χ3n) is 5.16. The number of piperidine rings is 1. The maximum Gasteiger partial charge on any atom is 0.131 e. The van der Waals surface area contributed by atoms with E-state index in [-0.39, 0.29) is 5.82 Å². The van der Waals surface area contributed by atoms with E-state index in [2.05, 4.69) is 9.80 Å². The molecular formula is C18H27FN2O2. The molecule has 2 aliphatic rings. The Balaban J connectivity index is 1.52. The molecule has 0 aromatic heterocycles. The molecule has 23 heavy (non-hydrogen) atoms. The highest BCUT2D eigenvalue weighted by Gasteiger charge is 2.34. The third-order valence-corrected chi connectivity index (χ3v) is 5.16. The quantitative estimate of drug-likeness (QED) is 0.902. The molecular weight excluding hydrogens is 295 g/mol. The molecule has 5 heteroatoms. The first-order valence-electron chi connectivity index (χ1n) is 8.57. The van der Waals surface area contributed by atoms with Crippen molar-refractivity contribution < 1.29 is 14.2 Å². The van der Waals surface area contributed by atoms with E-state index < -0.39 is 5.60 Å². The Morgan fingerprint density at radius 2 is 1.83 bits per heavy atom. The van der Waals surface area contributed by atoms with Crippen LogP contribution in [0.4, 0.5) is 4.39 Å². The number of likely N-dealkylation sites (tertiary alicyclic amines) is 2. The van der Waals surface area contributed by atoms with E-state index in [0.717, 1.165) is 45.6 Å². The van der Waals surface area contributed by atoms with E-state index in [0.29, 0.717) is 17.9 Å². The van der Waals surface area contributed by atoms with Gasteiger partial charge in [0.1, 0.15) is 11.6 Å². The monoisotopic (exact) mass is 322 g/mol. The summed E-state index contributed by atoms with van der Waals surface area (Å²) in [6, 6.07) is 5.02. The lowest BCUT2D eigenvalue weighted by atomic mass is 9.90. The Hall–Kier alpha value is -1.17. The number of hydrogen-bond donors (Lipinski definition) is 1. The summed E-state index contributed by atoms with van der Waals surface area (Å²) < 4.78 is 19.1. The van der Waals surface area contributed by atoms with Gasteiger partial charge in [-0.05, 0) is 44.8 Å². The Bertz CT molecular complexity index is 524. The van der Waals surface area contributed by atoms with Crippen LogP contribution in [0.25, 0.3) is 0 Å². The molecule has 2 aliphatic heterocycles. The van der Waals surface area contributed by atoms with Gasteiger partial charge in [-0.2, -0.15) is 0 Å². The average molecular weight is 322 g/mol. The van der Waals surface area contributed by atoms with Crippen molar-refractivity contribution in [2.45, 2.75) is 37.8 Å². The fourth-order valence-corrected chi connectivity index (χ4v) is 3.67. The van der Waals surface area contributed by atoms with Crippen molar-refractivity contribution in [3.63, 3.8) is 0 Å². The lowest BCUT2D eigenvalue weighted by molar-refractivity contribution is -0.0431. The SMILES string of the molecule is COc1ccc(CN2CCC(O)(CN3CCCC3)CC2)c(F)c1. The van der Waals surface area contributed by atoms with Crippen molar-refractivity contribution in [1.29, 1.82) is 0 Å². The molecule has 0 radical (unpaired) electrons. The van der Waals surface area contributed by atoms with Crippen LogP contribution in [-0.4, -0.2) is 60.3 Å². The summed E-state index contributed by atoms with van der Waals surface area (Å²) in [4.78, 5) is 4.60. The topological polar surface area (TPSA) is 35.9 Å². The Labute approximate surface area is 137 Å². The van der Waals surface area contributed by atoms with Crippen LogP contribution in [0, 0.1) is 5.82 Å². The first-order valence-corrected chi connectivity index (χ1v) is 8.57. The number of methoxy groups -OCH3 is 1. The predicted octanol–water partition coefficient (Wildman–Crippen LogP) is 2.26. The zero-order valence-electron chi connectivity index (χ0n) is 13.9. The normalized spacial score (nSPS) is 22.4. The molecule has 0 unspecified atom stereocenters. The van der Waals surface area contributed by atoms with Gasteiger partial charge in [-0.25, -0.2) is 4.39 Å². The van der Waals surface area contributed by atoms with Crippen molar-refractivity contribution in [3.05, 3.63) is 29.6 Å². The van der Waals surface area contributed by atoms with Crippen LogP contribution in [0.2, 0.25) is 0 Å². The molecule has 0 spiro atoms. The molecule has 128 valence electrons. The van der Waals surface area contributed by atoms with Crippen LogP contribution < -0.4 is 4.74 Å². The van der Waals surface area contributed by atoms with Gasteiger partial charge in [-0.15, -0.1) is 0 Å². The predicted molar refractivity (Wildman–Crippen MR) is 88.1 cm³/mol. The molecule has 0 amide bonds. The number of rotatable bonds is 5. The molecule has 2 fully saturated rings. The fourth-order valence-electron chi connectivity index (χ4n) is 3.67. The second-order valence-electron chi connectivity index (χ2n) is 6.94. The van der Waals surface area contributed by atoms with Gasteiger partial charge >= 0.3 is 0 Å². The first kappa shape index (κ1) is 16.7. The zero-order valence-corrected chi connectivity index (χ0v) is 13.9. The van der Waals surface area contributed by atoms with Crippen LogP contribution >= 0.6 is 0 Å². The van der Waals surface area contributed by atoms with Gasteiger partial charge in [0.25, 0.3) is 0 Å². The molecule has 0 aliphatic carbocycles. The zero-order chi connectivity index (χ0) is 16.3. The molecule has 0 atom stereocenters. The van der Waals surface area contributed by atoms with Gasteiger partial charge < -0.3 is 14.7 Å². The van der Waals surface area contributed by atoms with E-state index in [1.807, 2.05) is 0 Å². The highest BCUT2D eigenvalue weighted by Crippen LogP contribution is 2.26. The van der Waals surface area contributed by atoms with Crippen LogP contribution in [0.15, 0.2) is 18.2 Å². The van der Waals surface area contributed by atoms with Gasteiger partial charge in [-0.1, -0.05) is 6.07 Å². The number of ether oxygens (including phenoxy) is 1. The van der Waals surface area contributed by atoms with Gasteiger partial charge in [0, 0.05) is 37.8 Å². The lowest BCUT2D eigenvalue weighted by Gasteiger charge is -2.40. The van der Waals surface area contributed by atoms with Crippen LogP contribution in [0.3, 0.4) is 0 Å². The number of hydrogen-bond acceptors (Lipinski definition) is 4. The van der Waals surface area contributed by atoms with Gasteiger partial charge in [0.15, 0.2) is 0 Å². The molecule has 1 N–H and O–H groups in total. The van der Waals surface area contributed by atoms with Crippen LogP contribution in [-0.2, 0) is 6.54 Å². The minimum Gasteiger partial charge on any atom is -0.497 e. The summed E-state index contributed by atoms with van der Waals surface area (Å²) in [6.07, 6.45) is 4.03. The Morgan fingerprint density at radius 1 is 1.13 bits per heavy atom. The largest absolute Gasteiger partial charge is 0.497 e. The maximum atomic E-state index is 14.1. The minimum atomic E-state index is -0.570. The number of benzene rings is 1. The van der Waals surface area contributed by atoms with Crippen LogP contribution in [0.1, 0.15) is 31.2 Å². The van der Waals surface area contributed by atoms with Crippen molar-refractivity contribution in [2.75, 3.05) is 39.8 Å². The molecule has 2 heterocycles. The van der Waals surface area contributed by atoms with E-state index in [1.165, 1.54) is 18.9 Å². The molecule has 1 aromatic rings. The number of nitrogens with zero attached hydrogens (tertiary/aromatic N) is 2. The van der Waals surface area contributed by atoms with Gasteiger partial charge in [-0.3, -0.25) is 4.90 Å². The third kappa shape index (κ3) is 4.22. The highest BCUT2D eigenvalue weighted by atomic mass is 19.1. The smallest absolute Gasteiger partial charge is 0.131 e. The van der Waals surface area contributed by atoms with Gasteiger partial charge in [0.2, 0.25) is 0 Å². The van der Waals surface area contributed by atoms with E-state index >= 15 is 0 Å². The number of β-amino-alcohol motifs (C(OH)–C–C–N with tert-alkyl or cyclic N) is 1. The van der Waals surface area contributed by atoms with Crippen molar-refractivity contribution in [3.8, 4) is 5.75 Å². The number of aliphatic hydroxyl groups is 1. The Kier molecular flexibility index (Phi) is 5.19. The van der Waals surface area contributed by atoms with Crippen molar-refractivity contribution >= 4 is 0 Å². The maximum absolute atomic E-state index is 14.1. The molecule has 4 nitrogen and oxygen atoms in total. The first-order chi connectivity index (χ1) is 11.1. The standard InChI is InChI=1S/C18H27FN2O2/c1-23-16-5-4-15(17(19)12-16)13-20-10-6-18(22,7-11-20)14-21-8-2-3-9-21/h4-5,12,22H,2-3,6-11,13-14H2,1H3. The fraction of sp³-hybridized carbons (Fsp3) is 0.667. The lowest BCUT2D eigenvalue weighted by Crippen LogP contribution is -2.50. The highest BCUT2D eigenvalue weighted by molar-refractivity contribution is 5.28. The summed E-state index contributed by atoms with van der Waals surface area (Å²) >= 11 is 0. The molecule has 0 bridgehead atoms. The number of halogens is 1. The van der Waals surface area contributed by atoms with E-state index in [4.69, 9.17) is 4.74 Å². The van der Waals surface area contributed by atoms with Crippen molar-refractivity contribution in [2.24, 2.45) is 0 Å². The van der Waals surface area contributed by atoms with Crippen LogP contribution in [0.5, 0.6) is 5.75 Å². The van der Waals surface area contributed by atoms with Crippen molar-refractivity contribution in [1.82, 2.24) is 9.80 Å². The summed E-state index contributed by atoms with van der Waals surface area (Å²) in [5, 5.41) is 10.8. The molecule has 2 saturated heterocycles.